The molecule has 0 aromatic heterocycles. The van der Waals surface area contributed by atoms with Crippen LogP contribution in [0.5, 0.6) is 0 Å². The number of carbonyl (C=O) groups is 1. The van der Waals surface area contributed by atoms with E-state index in [4.69, 9.17) is 5.73 Å². The van der Waals surface area contributed by atoms with Gasteiger partial charge in [0.2, 0.25) is 5.91 Å². The van der Waals surface area contributed by atoms with Crippen LogP contribution in [0.25, 0.3) is 0 Å². The Balaban J connectivity index is 1.64. The third kappa shape index (κ3) is 2.60. The molecule has 19 heavy (non-hydrogen) atoms. The van der Waals surface area contributed by atoms with Crippen LogP contribution in [-0.4, -0.2) is 5.91 Å². The summed E-state index contributed by atoms with van der Waals surface area (Å²) in [6.07, 6.45) is 0.929. The lowest BCUT2D eigenvalue weighted by Gasteiger charge is -2.05. The van der Waals surface area contributed by atoms with Crippen molar-refractivity contribution in [2.45, 2.75) is 12.3 Å². The molecule has 2 unspecified atom stereocenters. The first-order chi connectivity index (χ1) is 9.24. The Morgan fingerprint density at radius 1 is 1.11 bits per heavy atom. The molecule has 0 saturated heterocycles. The lowest BCUT2D eigenvalue weighted by molar-refractivity contribution is -0.117. The van der Waals surface area contributed by atoms with Gasteiger partial charge in [0.05, 0.1) is 0 Å². The van der Waals surface area contributed by atoms with Crippen LogP contribution >= 0.6 is 0 Å². The van der Waals surface area contributed by atoms with Crippen LogP contribution in [0.1, 0.15) is 17.9 Å². The quantitative estimate of drug-likeness (QED) is 0.825. The van der Waals surface area contributed by atoms with Crippen molar-refractivity contribution < 1.29 is 4.79 Å². The molecular weight excluding hydrogens is 236 g/mol. The number of amides is 1. The monoisotopic (exact) mass is 252 g/mol. The molecule has 0 radical (unpaired) electrons. The van der Waals surface area contributed by atoms with E-state index in [2.05, 4.69) is 17.4 Å². The van der Waals surface area contributed by atoms with Crippen molar-refractivity contribution >= 4 is 17.3 Å². The Labute approximate surface area is 112 Å². The summed E-state index contributed by atoms with van der Waals surface area (Å²) >= 11 is 0. The standard InChI is InChI=1S/C16H16N2O/c17-12-7-4-8-13(9-12)18-16(19)15-10-14(15)11-5-2-1-3-6-11/h1-9,14-15H,10,17H2,(H,18,19). The van der Waals surface area contributed by atoms with Crippen molar-refractivity contribution in [3.8, 4) is 0 Å². The zero-order valence-corrected chi connectivity index (χ0v) is 10.5. The van der Waals surface area contributed by atoms with Crippen LogP contribution < -0.4 is 11.1 Å². The molecule has 3 rings (SSSR count). The molecule has 3 N–H and O–H groups in total. The summed E-state index contributed by atoms with van der Waals surface area (Å²) in [6, 6.07) is 17.5. The lowest BCUT2D eigenvalue weighted by Crippen LogP contribution is -2.14. The number of hydrogen-bond donors (Lipinski definition) is 2. The first-order valence-electron chi connectivity index (χ1n) is 6.45. The van der Waals surface area contributed by atoms with E-state index in [1.807, 2.05) is 30.3 Å². The summed E-state index contributed by atoms with van der Waals surface area (Å²) in [4.78, 5) is 12.1. The maximum absolute atomic E-state index is 12.1. The Morgan fingerprint density at radius 3 is 2.63 bits per heavy atom. The number of benzene rings is 2. The van der Waals surface area contributed by atoms with Crippen LogP contribution in [0.3, 0.4) is 0 Å². The minimum atomic E-state index is 0.0828. The molecule has 0 bridgehead atoms. The summed E-state index contributed by atoms with van der Waals surface area (Å²) in [5.74, 6) is 0.533. The molecule has 0 aliphatic heterocycles. The van der Waals surface area contributed by atoms with E-state index in [0.717, 1.165) is 12.1 Å². The van der Waals surface area contributed by atoms with Crippen molar-refractivity contribution in [3.63, 3.8) is 0 Å². The highest BCUT2D eigenvalue weighted by Gasteiger charge is 2.43. The maximum Gasteiger partial charge on any atom is 0.228 e. The fourth-order valence-electron chi connectivity index (χ4n) is 2.40. The highest BCUT2D eigenvalue weighted by molar-refractivity contribution is 5.95. The molecular formula is C16H16N2O. The van der Waals surface area contributed by atoms with Gasteiger partial charge in [-0.05, 0) is 36.1 Å². The molecule has 2 aromatic rings. The van der Waals surface area contributed by atoms with Gasteiger partial charge >= 0.3 is 0 Å². The average molecular weight is 252 g/mol. The molecule has 1 aliphatic rings. The van der Waals surface area contributed by atoms with Crippen molar-refractivity contribution in [1.29, 1.82) is 0 Å². The van der Waals surface area contributed by atoms with Crippen molar-refractivity contribution in [1.82, 2.24) is 0 Å². The number of carbonyl (C=O) groups excluding carboxylic acids is 1. The van der Waals surface area contributed by atoms with E-state index in [1.165, 1.54) is 5.56 Å². The number of nitrogen functional groups attached to an aromatic ring is 1. The van der Waals surface area contributed by atoms with Gasteiger partial charge < -0.3 is 11.1 Å². The summed E-state index contributed by atoms with van der Waals surface area (Å²) < 4.78 is 0. The molecule has 2 aromatic carbocycles. The fourth-order valence-corrected chi connectivity index (χ4v) is 2.40. The normalized spacial score (nSPS) is 20.8. The average Bonchev–Trinajstić information content (AvgIpc) is 3.20. The van der Waals surface area contributed by atoms with E-state index < -0.39 is 0 Å². The van der Waals surface area contributed by atoms with Crippen LogP contribution in [0.2, 0.25) is 0 Å². The largest absolute Gasteiger partial charge is 0.399 e. The predicted octanol–water partition coefficient (Wildman–Crippen LogP) is 3.01. The number of rotatable bonds is 3. The fraction of sp³-hybridized carbons (Fsp3) is 0.188. The predicted molar refractivity (Wildman–Crippen MR) is 76.8 cm³/mol. The molecule has 2 atom stereocenters. The second kappa shape index (κ2) is 4.76. The van der Waals surface area contributed by atoms with Crippen LogP contribution in [0.15, 0.2) is 54.6 Å². The zero-order valence-electron chi connectivity index (χ0n) is 10.5. The molecule has 1 fully saturated rings. The van der Waals surface area contributed by atoms with E-state index in [9.17, 15) is 4.79 Å². The summed E-state index contributed by atoms with van der Waals surface area (Å²) in [5.41, 5.74) is 8.37. The number of hydrogen-bond acceptors (Lipinski definition) is 2. The minimum Gasteiger partial charge on any atom is -0.399 e. The van der Waals surface area contributed by atoms with Gasteiger partial charge in [-0.1, -0.05) is 36.4 Å². The zero-order chi connectivity index (χ0) is 13.2. The van der Waals surface area contributed by atoms with Crippen molar-refractivity contribution in [3.05, 3.63) is 60.2 Å². The molecule has 3 nitrogen and oxygen atoms in total. The van der Waals surface area contributed by atoms with Gasteiger partial charge in [-0.15, -0.1) is 0 Å². The van der Waals surface area contributed by atoms with Gasteiger partial charge in [0.1, 0.15) is 0 Å². The highest BCUT2D eigenvalue weighted by Crippen LogP contribution is 2.47. The van der Waals surface area contributed by atoms with Gasteiger partial charge in [-0.3, -0.25) is 4.79 Å². The molecule has 0 spiro atoms. The minimum absolute atomic E-state index is 0.0828. The Hall–Kier alpha value is -2.29. The SMILES string of the molecule is Nc1cccc(NC(=O)C2CC2c2ccccc2)c1. The van der Waals surface area contributed by atoms with Crippen LogP contribution in [0, 0.1) is 5.92 Å². The van der Waals surface area contributed by atoms with Crippen LogP contribution in [-0.2, 0) is 4.79 Å². The molecule has 1 aliphatic carbocycles. The summed E-state index contributed by atoms with van der Waals surface area (Å²) in [6.45, 7) is 0. The van der Waals surface area contributed by atoms with Gasteiger partial charge in [0, 0.05) is 17.3 Å². The molecule has 3 heteroatoms. The lowest BCUT2D eigenvalue weighted by atomic mass is 10.1. The number of nitrogens with two attached hydrogens (primary N) is 1. The topological polar surface area (TPSA) is 55.1 Å². The number of anilines is 2. The highest BCUT2D eigenvalue weighted by atomic mass is 16.2. The molecule has 1 saturated carbocycles. The first kappa shape index (κ1) is 11.8. The van der Waals surface area contributed by atoms with E-state index in [-0.39, 0.29) is 11.8 Å². The second-order valence-electron chi connectivity index (χ2n) is 4.97. The van der Waals surface area contributed by atoms with Crippen LogP contribution in [0.4, 0.5) is 11.4 Å². The second-order valence-corrected chi connectivity index (χ2v) is 4.97. The molecule has 96 valence electrons. The van der Waals surface area contributed by atoms with Crippen molar-refractivity contribution in [2.75, 3.05) is 11.1 Å². The summed E-state index contributed by atoms with van der Waals surface area (Å²) in [5, 5.41) is 2.93. The Morgan fingerprint density at radius 2 is 1.89 bits per heavy atom. The third-order valence-corrected chi connectivity index (χ3v) is 3.51. The Bertz CT molecular complexity index is 595. The van der Waals surface area contributed by atoms with Gasteiger partial charge in [0.15, 0.2) is 0 Å². The van der Waals surface area contributed by atoms with Gasteiger partial charge in [0.25, 0.3) is 0 Å². The van der Waals surface area contributed by atoms with E-state index >= 15 is 0 Å². The van der Waals surface area contributed by atoms with E-state index in [1.54, 1.807) is 12.1 Å². The summed E-state index contributed by atoms with van der Waals surface area (Å²) in [7, 11) is 0. The number of nitrogens with one attached hydrogen (secondary N) is 1. The van der Waals surface area contributed by atoms with Crippen molar-refractivity contribution in [2.24, 2.45) is 5.92 Å². The Kier molecular flexibility index (Phi) is 2.95. The van der Waals surface area contributed by atoms with E-state index in [0.29, 0.717) is 11.6 Å². The first-order valence-corrected chi connectivity index (χ1v) is 6.45. The maximum atomic E-state index is 12.1. The third-order valence-electron chi connectivity index (χ3n) is 3.51. The van der Waals surface area contributed by atoms with Gasteiger partial charge in [-0.25, -0.2) is 0 Å². The molecule has 0 heterocycles. The molecule has 1 amide bonds. The smallest absolute Gasteiger partial charge is 0.228 e. The van der Waals surface area contributed by atoms with Gasteiger partial charge in [-0.2, -0.15) is 0 Å².